The third-order valence-electron chi connectivity index (χ3n) is 2.19. The van der Waals surface area contributed by atoms with Crippen molar-refractivity contribution < 1.29 is 9.53 Å². The molecule has 3 nitrogen and oxygen atoms in total. The standard InChI is InChI=1S/C12H11NO2.2C2H6/c1-15-12(14)10-7-11(13-8-10)9-5-3-2-4-6-9;2*1-2/h2-8,13H,1H3;2*1-2H3. The van der Waals surface area contributed by atoms with Gasteiger partial charge in [-0.1, -0.05) is 58.0 Å². The Balaban J connectivity index is 0.000000741. The maximum Gasteiger partial charge on any atom is 0.339 e. The fraction of sp³-hybridized carbons (Fsp3) is 0.312. The van der Waals surface area contributed by atoms with E-state index < -0.39 is 0 Å². The van der Waals surface area contributed by atoms with Gasteiger partial charge in [-0.15, -0.1) is 0 Å². The number of aromatic nitrogens is 1. The quantitative estimate of drug-likeness (QED) is 0.807. The van der Waals surface area contributed by atoms with Gasteiger partial charge in [0.15, 0.2) is 0 Å². The van der Waals surface area contributed by atoms with E-state index in [4.69, 9.17) is 0 Å². The largest absolute Gasteiger partial charge is 0.465 e. The van der Waals surface area contributed by atoms with Crippen molar-refractivity contribution in [2.24, 2.45) is 0 Å². The highest BCUT2D eigenvalue weighted by molar-refractivity contribution is 5.90. The van der Waals surface area contributed by atoms with Crippen LogP contribution in [-0.4, -0.2) is 18.1 Å². The van der Waals surface area contributed by atoms with Crippen LogP contribution in [0.2, 0.25) is 0 Å². The molecule has 0 aliphatic rings. The van der Waals surface area contributed by atoms with Crippen LogP contribution in [0.25, 0.3) is 11.3 Å². The van der Waals surface area contributed by atoms with E-state index >= 15 is 0 Å². The molecule has 104 valence electrons. The minimum atomic E-state index is -0.326. The van der Waals surface area contributed by atoms with Crippen LogP contribution >= 0.6 is 0 Å². The van der Waals surface area contributed by atoms with Gasteiger partial charge >= 0.3 is 5.97 Å². The van der Waals surface area contributed by atoms with Gasteiger partial charge in [-0.3, -0.25) is 0 Å². The molecule has 0 amide bonds. The van der Waals surface area contributed by atoms with Crippen molar-refractivity contribution in [1.82, 2.24) is 4.98 Å². The number of carbonyl (C=O) groups excluding carboxylic acids is 1. The molecule has 0 aliphatic heterocycles. The topological polar surface area (TPSA) is 42.1 Å². The normalized spacial score (nSPS) is 8.47. The highest BCUT2D eigenvalue weighted by Gasteiger charge is 2.08. The smallest absolute Gasteiger partial charge is 0.339 e. The van der Waals surface area contributed by atoms with Gasteiger partial charge in [-0.25, -0.2) is 4.79 Å². The van der Waals surface area contributed by atoms with Crippen molar-refractivity contribution in [3.05, 3.63) is 48.2 Å². The maximum absolute atomic E-state index is 11.2. The van der Waals surface area contributed by atoms with Crippen LogP contribution in [-0.2, 0) is 4.74 Å². The second kappa shape index (κ2) is 9.95. The second-order valence-corrected chi connectivity index (χ2v) is 3.16. The summed E-state index contributed by atoms with van der Waals surface area (Å²) in [6.07, 6.45) is 1.65. The first-order valence-electron chi connectivity index (χ1n) is 6.63. The molecule has 19 heavy (non-hydrogen) atoms. The zero-order chi connectivity index (χ0) is 14.7. The van der Waals surface area contributed by atoms with Crippen LogP contribution in [0.15, 0.2) is 42.6 Å². The van der Waals surface area contributed by atoms with Crippen molar-refractivity contribution in [3.63, 3.8) is 0 Å². The van der Waals surface area contributed by atoms with Crippen molar-refractivity contribution >= 4 is 5.97 Å². The van der Waals surface area contributed by atoms with Gasteiger partial charge in [-0.2, -0.15) is 0 Å². The van der Waals surface area contributed by atoms with E-state index in [-0.39, 0.29) is 5.97 Å². The Kier molecular flexibility index (Phi) is 8.88. The lowest BCUT2D eigenvalue weighted by Gasteiger charge is -1.95. The molecule has 0 aliphatic carbocycles. The molecule has 0 fully saturated rings. The molecular weight excluding hydrogens is 238 g/mol. The minimum absolute atomic E-state index is 0.326. The summed E-state index contributed by atoms with van der Waals surface area (Å²) in [6, 6.07) is 11.6. The van der Waals surface area contributed by atoms with E-state index in [1.165, 1.54) is 7.11 Å². The molecular formula is C16H23NO2. The van der Waals surface area contributed by atoms with Gasteiger partial charge in [-0.05, 0) is 11.6 Å². The zero-order valence-corrected chi connectivity index (χ0v) is 12.4. The third kappa shape index (κ3) is 5.00. The number of methoxy groups -OCH3 is 1. The lowest BCUT2D eigenvalue weighted by Crippen LogP contribution is -1.98. The predicted molar refractivity (Wildman–Crippen MR) is 80.3 cm³/mol. The van der Waals surface area contributed by atoms with E-state index in [2.05, 4.69) is 9.72 Å². The number of hydrogen-bond acceptors (Lipinski definition) is 2. The lowest BCUT2D eigenvalue weighted by atomic mass is 10.1. The van der Waals surface area contributed by atoms with Crippen LogP contribution in [0.1, 0.15) is 38.1 Å². The Bertz CT molecular complexity index is 461. The molecule has 0 unspecified atom stereocenters. The van der Waals surface area contributed by atoms with Crippen LogP contribution in [0.4, 0.5) is 0 Å². The van der Waals surface area contributed by atoms with Crippen molar-refractivity contribution in [3.8, 4) is 11.3 Å². The summed E-state index contributed by atoms with van der Waals surface area (Å²) in [4.78, 5) is 14.3. The number of H-pyrrole nitrogens is 1. The Morgan fingerprint density at radius 3 is 2.16 bits per heavy atom. The molecule has 2 aromatic rings. The first-order chi connectivity index (χ1) is 9.31. The van der Waals surface area contributed by atoms with E-state index in [1.807, 2.05) is 58.0 Å². The number of esters is 1. The molecule has 0 saturated heterocycles. The van der Waals surface area contributed by atoms with Gasteiger partial charge in [0.05, 0.1) is 12.7 Å². The Labute approximate surface area is 115 Å². The molecule has 0 atom stereocenters. The van der Waals surface area contributed by atoms with Gasteiger partial charge in [0.25, 0.3) is 0 Å². The number of aromatic amines is 1. The number of rotatable bonds is 2. The molecule has 2 rings (SSSR count). The van der Waals surface area contributed by atoms with Crippen LogP contribution in [0.5, 0.6) is 0 Å². The molecule has 0 bridgehead atoms. The molecule has 0 spiro atoms. The summed E-state index contributed by atoms with van der Waals surface area (Å²) in [6.45, 7) is 8.00. The van der Waals surface area contributed by atoms with Crippen LogP contribution in [0.3, 0.4) is 0 Å². The van der Waals surface area contributed by atoms with Crippen molar-refractivity contribution in [2.45, 2.75) is 27.7 Å². The van der Waals surface area contributed by atoms with Gasteiger partial charge in [0.1, 0.15) is 0 Å². The summed E-state index contributed by atoms with van der Waals surface area (Å²) in [5.41, 5.74) is 2.50. The lowest BCUT2D eigenvalue weighted by molar-refractivity contribution is 0.0601. The van der Waals surface area contributed by atoms with E-state index in [1.54, 1.807) is 12.3 Å². The number of hydrogen-bond donors (Lipinski definition) is 1. The average molecular weight is 261 g/mol. The first kappa shape index (κ1) is 17.0. The van der Waals surface area contributed by atoms with Crippen LogP contribution < -0.4 is 0 Å². The second-order valence-electron chi connectivity index (χ2n) is 3.16. The third-order valence-corrected chi connectivity index (χ3v) is 2.19. The Hall–Kier alpha value is -2.03. The number of benzene rings is 1. The number of nitrogens with one attached hydrogen (secondary N) is 1. The highest BCUT2D eigenvalue weighted by atomic mass is 16.5. The molecule has 1 aromatic carbocycles. The first-order valence-corrected chi connectivity index (χ1v) is 6.63. The summed E-state index contributed by atoms with van der Waals surface area (Å²) in [5.74, 6) is -0.326. The van der Waals surface area contributed by atoms with Gasteiger partial charge in [0.2, 0.25) is 0 Å². The number of carbonyl (C=O) groups is 1. The molecule has 3 heteroatoms. The van der Waals surface area contributed by atoms with E-state index in [9.17, 15) is 4.79 Å². The van der Waals surface area contributed by atoms with E-state index in [0.29, 0.717) is 5.56 Å². The summed E-state index contributed by atoms with van der Waals surface area (Å²) < 4.78 is 4.63. The SMILES string of the molecule is CC.CC.COC(=O)c1c[nH]c(-c2ccccc2)c1. The fourth-order valence-corrected chi connectivity index (χ4v) is 1.41. The van der Waals surface area contributed by atoms with Gasteiger partial charge in [0, 0.05) is 11.9 Å². The maximum atomic E-state index is 11.2. The average Bonchev–Trinajstić information content (AvgIpc) is 3.01. The number of ether oxygens (including phenoxy) is 1. The monoisotopic (exact) mass is 261 g/mol. The molecule has 1 aromatic heterocycles. The van der Waals surface area contributed by atoms with Crippen LogP contribution in [0, 0.1) is 0 Å². The fourth-order valence-electron chi connectivity index (χ4n) is 1.41. The zero-order valence-electron chi connectivity index (χ0n) is 12.4. The van der Waals surface area contributed by atoms with Gasteiger partial charge < -0.3 is 9.72 Å². The van der Waals surface area contributed by atoms with Crippen molar-refractivity contribution in [2.75, 3.05) is 7.11 Å². The summed E-state index contributed by atoms with van der Waals surface area (Å²) >= 11 is 0. The van der Waals surface area contributed by atoms with E-state index in [0.717, 1.165) is 11.3 Å². The Morgan fingerprint density at radius 1 is 1.05 bits per heavy atom. The molecule has 0 radical (unpaired) electrons. The predicted octanol–water partition coefficient (Wildman–Crippen LogP) is 4.52. The summed E-state index contributed by atoms with van der Waals surface area (Å²) in [7, 11) is 1.37. The molecule has 0 saturated carbocycles. The minimum Gasteiger partial charge on any atom is -0.465 e. The Morgan fingerprint density at radius 2 is 1.63 bits per heavy atom. The summed E-state index contributed by atoms with van der Waals surface area (Å²) in [5, 5.41) is 0. The molecule has 1 N–H and O–H groups in total. The molecule has 1 heterocycles. The van der Waals surface area contributed by atoms with Crippen molar-refractivity contribution in [1.29, 1.82) is 0 Å². The highest BCUT2D eigenvalue weighted by Crippen LogP contribution is 2.18.